The summed E-state index contributed by atoms with van der Waals surface area (Å²) in [5.74, 6) is -8.85. The smallest absolute Gasteiger partial charge is 0.326 e. The first-order chi connectivity index (χ1) is 8.59. The van der Waals surface area contributed by atoms with Crippen LogP contribution in [0.5, 0.6) is 0 Å². The molecule has 0 atom stereocenters. The number of amides is 1. The number of anilines is 1. The minimum atomic E-state index is -6.01. The maximum absolute atomic E-state index is 13.0. The lowest BCUT2D eigenvalue weighted by Crippen LogP contribution is -2.47. The predicted octanol–water partition coefficient (Wildman–Crippen LogP) is 2.42. The largest absolute Gasteiger partial charge is 0.463 e. The van der Waals surface area contributed by atoms with Crippen LogP contribution >= 0.6 is 0 Å². The molecule has 0 fully saturated rings. The molecule has 0 aliphatic carbocycles. The SMILES string of the molecule is NCc1cc(NC(=O)C(F)(F)C(F)(F)F)ccc1F. The number of rotatable bonds is 3. The van der Waals surface area contributed by atoms with E-state index in [1.807, 2.05) is 0 Å². The van der Waals surface area contributed by atoms with Gasteiger partial charge >= 0.3 is 18.0 Å². The van der Waals surface area contributed by atoms with Gasteiger partial charge in [-0.2, -0.15) is 22.0 Å². The Morgan fingerprint density at radius 3 is 2.26 bits per heavy atom. The van der Waals surface area contributed by atoms with Crippen molar-refractivity contribution >= 4 is 11.6 Å². The average Bonchev–Trinajstić information content (AvgIpc) is 2.30. The van der Waals surface area contributed by atoms with Gasteiger partial charge < -0.3 is 11.1 Å². The van der Waals surface area contributed by atoms with Gasteiger partial charge in [0.2, 0.25) is 0 Å². The zero-order chi connectivity index (χ0) is 14.8. The van der Waals surface area contributed by atoms with Crippen molar-refractivity contribution in [1.82, 2.24) is 0 Å². The highest BCUT2D eigenvalue weighted by Crippen LogP contribution is 2.36. The Labute approximate surface area is 103 Å². The molecular formula is C10H8F6N2O. The van der Waals surface area contributed by atoms with E-state index in [0.29, 0.717) is 0 Å². The lowest BCUT2D eigenvalue weighted by molar-refractivity contribution is -0.267. The zero-order valence-corrected chi connectivity index (χ0v) is 9.19. The van der Waals surface area contributed by atoms with Crippen LogP contribution in [0.4, 0.5) is 32.0 Å². The van der Waals surface area contributed by atoms with E-state index in [0.717, 1.165) is 18.2 Å². The molecule has 0 aliphatic rings. The van der Waals surface area contributed by atoms with Crippen molar-refractivity contribution in [2.45, 2.75) is 18.6 Å². The van der Waals surface area contributed by atoms with Gasteiger partial charge in [0.15, 0.2) is 0 Å². The van der Waals surface area contributed by atoms with Gasteiger partial charge in [-0.05, 0) is 18.2 Å². The molecule has 3 N–H and O–H groups in total. The molecule has 0 spiro atoms. The number of alkyl halides is 5. The van der Waals surface area contributed by atoms with E-state index in [-0.39, 0.29) is 12.1 Å². The van der Waals surface area contributed by atoms with Crippen molar-refractivity contribution in [1.29, 1.82) is 0 Å². The van der Waals surface area contributed by atoms with E-state index >= 15 is 0 Å². The average molecular weight is 286 g/mol. The number of nitrogens with one attached hydrogen (secondary N) is 1. The summed E-state index contributed by atoms with van der Waals surface area (Å²) in [6.07, 6.45) is -6.01. The van der Waals surface area contributed by atoms with Crippen LogP contribution in [0.3, 0.4) is 0 Å². The minimum absolute atomic E-state index is 0.131. The Kier molecular flexibility index (Phi) is 4.09. The monoisotopic (exact) mass is 286 g/mol. The van der Waals surface area contributed by atoms with Crippen LogP contribution in [0.1, 0.15) is 5.56 Å². The van der Waals surface area contributed by atoms with Crippen molar-refractivity contribution in [3.05, 3.63) is 29.6 Å². The number of hydrogen-bond donors (Lipinski definition) is 2. The molecule has 1 aromatic carbocycles. The Morgan fingerprint density at radius 2 is 1.79 bits per heavy atom. The van der Waals surface area contributed by atoms with E-state index in [4.69, 9.17) is 5.73 Å². The third-order valence-corrected chi connectivity index (χ3v) is 2.16. The third kappa shape index (κ3) is 3.16. The molecule has 0 aromatic heterocycles. The molecule has 0 unspecified atom stereocenters. The molecule has 9 heteroatoms. The first-order valence-electron chi connectivity index (χ1n) is 4.84. The molecule has 106 valence electrons. The number of carbonyl (C=O) groups is 1. The van der Waals surface area contributed by atoms with Gasteiger partial charge in [0.25, 0.3) is 0 Å². The Hall–Kier alpha value is -1.77. The normalized spacial score (nSPS) is 12.4. The second-order valence-electron chi connectivity index (χ2n) is 3.54. The maximum Gasteiger partial charge on any atom is 0.463 e. The maximum atomic E-state index is 13.0. The van der Waals surface area contributed by atoms with Gasteiger partial charge in [-0.3, -0.25) is 4.79 Å². The fourth-order valence-electron chi connectivity index (χ4n) is 1.15. The third-order valence-electron chi connectivity index (χ3n) is 2.16. The molecular weight excluding hydrogens is 278 g/mol. The lowest BCUT2D eigenvalue weighted by atomic mass is 10.2. The summed E-state index contributed by atoms with van der Waals surface area (Å²) in [5.41, 5.74) is 4.59. The molecule has 0 radical (unpaired) electrons. The first-order valence-corrected chi connectivity index (χ1v) is 4.84. The van der Waals surface area contributed by atoms with Crippen molar-refractivity contribution in [3.8, 4) is 0 Å². The molecule has 0 saturated heterocycles. The van der Waals surface area contributed by atoms with Gasteiger partial charge in [0.05, 0.1) is 0 Å². The number of hydrogen-bond acceptors (Lipinski definition) is 2. The molecule has 0 heterocycles. The highest BCUT2D eigenvalue weighted by Gasteiger charge is 2.63. The summed E-state index contributed by atoms with van der Waals surface area (Å²) >= 11 is 0. The summed E-state index contributed by atoms with van der Waals surface area (Å²) in [6.45, 7) is -0.300. The van der Waals surface area contributed by atoms with Crippen LogP contribution in [-0.2, 0) is 11.3 Å². The molecule has 19 heavy (non-hydrogen) atoms. The van der Waals surface area contributed by atoms with E-state index in [1.54, 1.807) is 0 Å². The van der Waals surface area contributed by atoms with Crippen LogP contribution in [-0.4, -0.2) is 18.0 Å². The predicted molar refractivity (Wildman–Crippen MR) is 53.9 cm³/mol. The lowest BCUT2D eigenvalue weighted by Gasteiger charge is -2.18. The van der Waals surface area contributed by atoms with Crippen molar-refractivity contribution < 1.29 is 31.1 Å². The summed E-state index contributed by atoms with van der Waals surface area (Å²) in [6, 6.07) is 2.52. The van der Waals surface area contributed by atoms with Crippen LogP contribution in [0.15, 0.2) is 18.2 Å². The van der Waals surface area contributed by atoms with E-state index in [9.17, 15) is 31.1 Å². The van der Waals surface area contributed by atoms with E-state index in [1.165, 1.54) is 5.32 Å². The van der Waals surface area contributed by atoms with Gasteiger partial charge in [-0.1, -0.05) is 0 Å². The summed E-state index contributed by atoms with van der Waals surface area (Å²) in [4.78, 5) is 10.9. The molecule has 1 rings (SSSR count). The fourth-order valence-corrected chi connectivity index (χ4v) is 1.15. The molecule has 1 amide bonds. The standard InChI is InChI=1S/C10H8F6N2O/c11-7-2-1-6(3-5(7)4-17)18-8(19)9(12,13)10(14,15)16/h1-3H,4,17H2,(H,18,19). The second kappa shape index (κ2) is 5.08. The van der Waals surface area contributed by atoms with Gasteiger partial charge in [-0.25, -0.2) is 4.39 Å². The van der Waals surface area contributed by atoms with Crippen LogP contribution < -0.4 is 11.1 Å². The highest BCUT2D eigenvalue weighted by molar-refractivity contribution is 5.96. The second-order valence-corrected chi connectivity index (χ2v) is 3.54. The number of halogens is 6. The topological polar surface area (TPSA) is 55.1 Å². The zero-order valence-electron chi connectivity index (χ0n) is 9.19. The van der Waals surface area contributed by atoms with Crippen LogP contribution in [0.2, 0.25) is 0 Å². The van der Waals surface area contributed by atoms with Gasteiger partial charge in [-0.15, -0.1) is 0 Å². The Bertz CT molecular complexity index is 485. The summed E-state index contributed by atoms with van der Waals surface area (Å²) in [5, 5.41) is 1.36. The Morgan fingerprint density at radius 1 is 1.21 bits per heavy atom. The summed E-state index contributed by atoms with van der Waals surface area (Å²) < 4.78 is 74.0. The van der Waals surface area contributed by atoms with Crippen molar-refractivity contribution in [2.75, 3.05) is 5.32 Å². The van der Waals surface area contributed by atoms with Crippen molar-refractivity contribution in [2.24, 2.45) is 5.73 Å². The molecule has 0 bridgehead atoms. The minimum Gasteiger partial charge on any atom is -0.326 e. The van der Waals surface area contributed by atoms with Crippen molar-refractivity contribution in [3.63, 3.8) is 0 Å². The number of benzene rings is 1. The first kappa shape index (κ1) is 15.3. The molecule has 1 aromatic rings. The van der Waals surface area contributed by atoms with Gasteiger partial charge in [0, 0.05) is 17.8 Å². The molecule has 0 saturated carbocycles. The molecule has 0 aliphatic heterocycles. The number of nitrogens with two attached hydrogens (primary N) is 1. The summed E-state index contributed by atoms with van der Waals surface area (Å²) in [7, 11) is 0. The molecule has 3 nitrogen and oxygen atoms in total. The van der Waals surface area contributed by atoms with Crippen LogP contribution in [0, 0.1) is 5.82 Å². The van der Waals surface area contributed by atoms with E-state index in [2.05, 4.69) is 0 Å². The van der Waals surface area contributed by atoms with Crippen LogP contribution in [0.25, 0.3) is 0 Å². The van der Waals surface area contributed by atoms with E-state index < -0.39 is 29.5 Å². The quantitative estimate of drug-likeness (QED) is 0.838. The fraction of sp³-hybridized carbons (Fsp3) is 0.300. The highest BCUT2D eigenvalue weighted by atomic mass is 19.4. The number of carbonyl (C=O) groups excluding carboxylic acids is 1. The van der Waals surface area contributed by atoms with Gasteiger partial charge in [0.1, 0.15) is 5.82 Å². The Balaban J connectivity index is 2.95.